The number of piperidine rings is 1. The summed E-state index contributed by atoms with van der Waals surface area (Å²) in [5.74, 6) is 0.0930. The minimum absolute atomic E-state index is 0.205. The average Bonchev–Trinajstić information content (AvgIpc) is 2.26. The molecular formula is C14H28N2O2. The molecule has 1 fully saturated rings. The first-order valence-electron chi connectivity index (χ1n) is 6.93. The fourth-order valence-electron chi connectivity index (χ4n) is 2.53. The number of rotatable bonds is 6. The molecule has 0 unspecified atom stereocenters. The number of likely N-dealkylation sites (tertiary alicyclic amines) is 1. The number of carbonyl (C=O) groups is 1. The van der Waals surface area contributed by atoms with Gasteiger partial charge in [0.15, 0.2) is 0 Å². The maximum atomic E-state index is 10.8. The Morgan fingerprint density at radius 3 is 2.44 bits per heavy atom. The van der Waals surface area contributed by atoms with Crippen LogP contribution < -0.4 is 0 Å². The molecule has 18 heavy (non-hydrogen) atoms. The van der Waals surface area contributed by atoms with Crippen molar-refractivity contribution in [2.75, 3.05) is 33.7 Å². The standard InChI is InChI=1S/C14H28N2O2/c1-14(2,11-13(17)18)16(4)10-7-12-5-8-15(3)9-6-12/h12H,5-11H2,1-4H3,(H,17,18). The minimum Gasteiger partial charge on any atom is -0.481 e. The predicted molar refractivity (Wildman–Crippen MR) is 73.8 cm³/mol. The lowest BCUT2D eigenvalue weighted by Gasteiger charge is -2.36. The fraction of sp³-hybridized carbons (Fsp3) is 0.929. The second-order valence-corrected chi connectivity index (χ2v) is 6.34. The Bertz CT molecular complexity index is 271. The molecule has 4 nitrogen and oxygen atoms in total. The zero-order valence-corrected chi connectivity index (χ0v) is 12.3. The summed E-state index contributed by atoms with van der Waals surface area (Å²) in [5, 5.41) is 8.91. The number of aliphatic carboxylic acids is 1. The average molecular weight is 256 g/mol. The summed E-state index contributed by atoms with van der Waals surface area (Å²) >= 11 is 0. The van der Waals surface area contributed by atoms with Crippen LogP contribution in [0.3, 0.4) is 0 Å². The van der Waals surface area contributed by atoms with Crippen LogP contribution in [0.2, 0.25) is 0 Å². The molecule has 4 heteroatoms. The number of hydrogen-bond donors (Lipinski definition) is 1. The summed E-state index contributed by atoms with van der Waals surface area (Å²) in [5.41, 5.74) is -0.253. The van der Waals surface area contributed by atoms with E-state index in [9.17, 15) is 4.79 Å². The van der Waals surface area contributed by atoms with Crippen molar-refractivity contribution >= 4 is 5.97 Å². The second kappa shape index (κ2) is 6.53. The molecule has 0 atom stereocenters. The van der Waals surface area contributed by atoms with E-state index < -0.39 is 5.97 Å². The third-order valence-corrected chi connectivity index (χ3v) is 4.33. The highest BCUT2D eigenvalue weighted by molar-refractivity contribution is 5.68. The molecule has 0 spiro atoms. The summed E-state index contributed by atoms with van der Waals surface area (Å²) in [4.78, 5) is 15.4. The first-order chi connectivity index (χ1) is 8.31. The van der Waals surface area contributed by atoms with E-state index in [2.05, 4.69) is 16.8 Å². The molecule has 1 heterocycles. The molecule has 0 aromatic rings. The van der Waals surface area contributed by atoms with Crippen molar-refractivity contribution in [2.24, 2.45) is 5.92 Å². The summed E-state index contributed by atoms with van der Waals surface area (Å²) in [6.45, 7) is 7.42. The highest BCUT2D eigenvalue weighted by Gasteiger charge is 2.27. The van der Waals surface area contributed by atoms with Crippen molar-refractivity contribution in [3.8, 4) is 0 Å². The smallest absolute Gasteiger partial charge is 0.305 e. The first-order valence-corrected chi connectivity index (χ1v) is 6.93. The van der Waals surface area contributed by atoms with E-state index in [-0.39, 0.29) is 12.0 Å². The molecule has 0 bridgehead atoms. The van der Waals surface area contributed by atoms with Gasteiger partial charge in [-0.15, -0.1) is 0 Å². The van der Waals surface area contributed by atoms with Crippen LogP contribution in [0.4, 0.5) is 0 Å². The zero-order chi connectivity index (χ0) is 13.8. The Labute approximate surface area is 111 Å². The SMILES string of the molecule is CN1CCC(CCN(C)C(C)(C)CC(=O)O)CC1. The van der Waals surface area contributed by atoms with Crippen LogP contribution in [0.15, 0.2) is 0 Å². The molecule has 1 rings (SSSR count). The number of carboxylic acid groups (broad SMARTS) is 1. The highest BCUT2D eigenvalue weighted by atomic mass is 16.4. The molecule has 1 aliphatic heterocycles. The maximum Gasteiger partial charge on any atom is 0.305 e. The van der Waals surface area contributed by atoms with Gasteiger partial charge in [-0.3, -0.25) is 4.79 Å². The van der Waals surface area contributed by atoms with Crippen molar-refractivity contribution in [2.45, 2.75) is 45.1 Å². The Morgan fingerprint density at radius 2 is 1.94 bits per heavy atom. The second-order valence-electron chi connectivity index (χ2n) is 6.34. The van der Waals surface area contributed by atoms with Gasteiger partial charge in [-0.05, 0) is 72.8 Å². The van der Waals surface area contributed by atoms with Crippen LogP contribution in [0.1, 0.15) is 39.5 Å². The molecule has 0 aliphatic carbocycles. The van der Waals surface area contributed by atoms with Crippen LogP contribution in [-0.2, 0) is 4.79 Å². The van der Waals surface area contributed by atoms with E-state index in [1.165, 1.54) is 32.4 Å². The fourth-order valence-corrected chi connectivity index (χ4v) is 2.53. The first kappa shape index (κ1) is 15.4. The van der Waals surface area contributed by atoms with Gasteiger partial charge in [-0.25, -0.2) is 0 Å². The van der Waals surface area contributed by atoms with E-state index in [1.807, 2.05) is 20.9 Å². The topological polar surface area (TPSA) is 43.8 Å². The molecular weight excluding hydrogens is 228 g/mol. The quantitative estimate of drug-likeness (QED) is 0.788. The van der Waals surface area contributed by atoms with E-state index >= 15 is 0 Å². The van der Waals surface area contributed by atoms with E-state index in [4.69, 9.17) is 5.11 Å². The zero-order valence-electron chi connectivity index (χ0n) is 12.3. The van der Waals surface area contributed by atoms with Gasteiger partial charge in [0.2, 0.25) is 0 Å². The van der Waals surface area contributed by atoms with Gasteiger partial charge in [0.25, 0.3) is 0 Å². The van der Waals surface area contributed by atoms with Gasteiger partial charge in [-0.1, -0.05) is 0 Å². The number of hydrogen-bond acceptors (Lipinski definition) is 3. The third-order valence-electron chi connectivity index (χ3n) is 4.33. The summed E-state index contributed by atoms with van der Waals surface area (Å²) in [6, 6.07) is 0. The molecule has 0 aromatic carbocycles. The lowest BCUT2D eigenvalue weighted by molar-refractivity contribution is -0.139. The Morgan fingerprint density at radius 1 is 1.39 bits per heavy atom. The maximum absolute atomic E-state index is 10.8. The van der Waals surface area contributed by atoms with Gasteiger partial charge in [0.1, 0.15) is 0 Å². The molecule has 0 amide bonds. The Kier molecular flexibility index (Phi) is 5.60. The van der Waals surface area contributed by atoms with Crippen molar-refractivity contribution in [1.82, 2.24) is 9.80 Å². The van der Waals surface area contributed by atoms with Crippen molar-refractivity contribution in [1.29, 1.82) is 0 Å². The monoisotopic (exact) mass is 256 g/mol. The largest absolute Gasteiger partial charge is 0.481 e. The minimum atomic E-state index is -0.717. The van der Waals surface area contributed by atoms with Crippen molar-refractivity contribution in [3.05, 3.63) is 0 Å². The van der Waals surface area contributed by atoms with Gasteiger partial charge in [-0.2, -0.15) is 0 Å². The van der Waals surface area contributed by atoms with Crippen LogP contribution in [-0.4, -0.2) is 60.1 Å². The number of carboxylic acids is 1. The third kappa shape index (κ3) is 4.94. The molecule has 106 valence electrons. The molecule has 0 aromatic heterocycles. The number of nitrogens with zero attached hydrogens (tertiary/aromatic N) is 2. The van der Waals surface area contributed by atoms with Gasteiger partial charge < -0.3 is 14.9 Å². The van der Waals surface area contributed by atoms with Gasteiger partial charge in [0, 0.05) is 5.54 Å². The van der Waals surface area contributed by atoms with Gasteiger partial charge in [0.05, 0.1) is 6.42 Å². The van der Waals surface area contributed by atoms with E-state index in [0.29, 0.717) is 0 Å². The molecule has 1 N–H and O–H groups in total. The Hall–Kier alpha value is -0.610. The Balaban J connectivity index is 2.31. The lowest BCUT2D eigenvalue weighted by Crippen LogP contribution is -2.44. The molecule has 1 saturated heterocycles. The summed E-state index contributed by atoms with van der Waals surface area (Å²) < 4.78 is 0. The normalized spacial score (nSPS) is 19.4. The lowest BCUT2D eigenvalue weighted by atomic mass is 9.92. The molecule has 0 saturated carbocycles. The van der Waals surface area contributed by atoms with Crippen LogP contribution >= 0.6 is 0 Å². The van der Waals surface area contributed by atoms with Crippen LogP contribution in [0.5, 0.6) is 0 Å². The van der Waals surface area contributed by atoms with Crippen molar-refractivity contribution in [3.63, 3.8) is 0 Å². The summed E-state index contributed by atoms with van der Waals surface area (Å²) in [6.07, 6.45) is 3.96. The predicted octanol–water partition coefficient (Wildman–Crippen LogP) is 1.90. The van der Waals surface area contributed by atoms with E-state index in [1.54, 1.807) is 0 Å². The van der Waals surface area contributed by atoms with Crippen LogP contribution in [0.25, 0.3) is 0 Å². The highest BCUT2D eigenvalue weighted by Crippen LogP contribution is 2.23. The molecule has 0 radical (unpaired) electrons. The van der Waals surface area contributed by atoms with Crippen LogP contribution in [0, 0.1) is 5.92 Å². The van der Waals surface area contributed by atoms with Crippen molar-refractivity contribution < 1.29 is 9.90 Å². The van der Waals surface area contributed by atoms with E-state index in [0.717, 1.165) is 12.5 Å². The molecule has 1 aliphatic rings. The summed E-state index contributed by atoms with van der Waals surface area (Å²) in [7, 11) is 4.22. The van der Waals surface area contributed by atoms with Gasteiger partial charge >= 0.3 is 5.97 Å².